The molecule has 3 rings (SSSR count). The second kappa shape index (κ2) is 7.40. The van der Waals surface area contributed by atoms with Gasteiger partial charge in [0.1, 0.15) is 5.76 Å². The number of rotatable bonds is 6. The normalized spacial score (nSPS) is 11.8. The molecule has 0 aliphatic heterocycles. The van der Waals surface area contributed by atoms with E-state index in [-0.39, 0.29) is 11.8 Å². The van der Waals surface area contributed by atoms with Crippen molar-refractivity contribution in [2.45, 2.75) is 18.9 Å². The predicted octanol–water partition coefficient (Wildman–Crippen LogP) is 3.51. The molecule has 4 heteroatoms. The lowest BCUT2D eigenvalue weighted by Crippen LogP contribution is -2.24. The average Bonchev–Trinajstić information content (AvgIpc) is 3.14. The molecule has 0 fully saturated rings. The number of nitrogens with zero attached hydrogens (tertiary/aromatic N) is 1. The zero-order valence-corrected chi connectivity index (χ0v) is 12.7. The molecule has 23 heavy (non-hydrogen) atoms. The quantitative estimate of drug-likeness (QED) is 0.758. The van der Waals surface area contributed by atoms with Crippen molar-refractivity contribution in [3.8, 4) is 0 Å². The Morgan fingerprint density at radius 2 is 1.96 bits per heavy atom. The predicted molar refractivity (Wildman–Crippen MR) is 87.7 cm³/mol. The minimum Gasteiger partial charge on any atom is -0.469 e. The fourth-order valence-electron chi connectivity index (χ4n) is 2.52. The molecule has 1 atom stereocenters. The van der Waals surface area contributed by atoms with Gasteiger partial charge in [-0.25, -0.2) is 0 Å². The molecule has 2 heterocycles. The highest BCUT2D eigenvalue weighted by Gasteiger charge is 2.20. The summed E-state index contributed by atoms with van der Waals surface area (Å²) >= 11 is 0. The van der Waals surface area contributed by atoms with Crippen molar-refractivity contribution in [3.63, 3.8) is 0 Å². The van der Waals surface area contributed by atoms with Crippen LogP contribution in [-0.4, -0.2) is 10.9 Å². The Bertz CT molecular complexity index is 725. The number of furan rings is 1. The number of aromatic nitrogens is 1. The van der Waals surface area contributed by atoms with Crippen LogP contribution >= 0.6 is 0 Å². The standard InChI is InChI=1S/C19H18N2O2/c22-19(21-14-15-6-4-10-20-13-15)12-17(18-9-5-11-23-18)16-7-2-1-3-8-16/h1-11,13,17H,12,14H2,(H,21,22)/t17-/m1/s1. The van der Waals surface area contributed by atoms with E-state index in [2.05, 4.69) is 10.3 Å². The number of hydrogen-bond donors (Lipinski definition) is 1. The fourth-order valence-corrected chi connectivity index (χ4v) is 2.52. The molecule has 0 spiro atoms. The first-order valence-corrected chi connectivity index (χ1v) is 7.57. The summed E-state index contributed by atoms with van der Waals surface area (Å²) in [6.07, 6.45) is 5.45. The number of hydrogen-bond acceptors (Lipinski definition) is 3. The molecule has 0 unspecified atom stereocenters. The van der Waals surface area contributed by atoms with Gasteiger partial charge in [0.25, 0.3) is 0 Å². The van der Waals surface area contributed by atoms with Crippen LogP contribution in [0.25, 0.3) is 0 Å². The van der Waals surface area contributed by atoms with Crippen molar-refractivity contribution >= 4 is 5.91 Å². The Balaban J connectivity index is 1.68. The molecule has 116 valence electrons. The molecule has 1 N–H and O–H groups in total. The molecule has 0 bridgehead atoms. The topological polar surface area (TPSA) is 55.1 Å². The highest BCUT2D eigenvalue weighted by Crippen LogP contribution is 2.28. The second-order valence-corrected chi connectivity index (χ2v) is 5.32. The van der Waals surface area contributed by atoms with Crippen molar-refractivity contribution in [3.05, 3.63) is 90.1 Å². The van der Waals surface area contributed by atoms with Gasteiger partial charge < -0.3 is 9.73 Å². The van der Waals surface area contributed by atoms with Crippen LogP contribution in [-0.2, 0) is 11.3 Å². The van der Waals surface area contributed by atoms with Gasteiger partial charge in [0.15, 0.2) is 0 Å². The molecular formula is C19H18N2O2. The van der Waals surface area contributed by atoms with Crippen LogP contribution in [0.5, 0.6) is 0 Å². The molecular weight excluding hydrogens is 288 g/mol. The summed E-state index contributed by atoms with van der Waals surface area (Å²) in [5.74, 6) is 0.701. The lowest BCUT2D eigenvalue weighted by atomic mass is 9.93. The highest BCUT2D eigenvalue weighted by atomic mass is 16.3. The van der Waals surface area contributed by atoms with Crippen LogP contribution in [0.4, 0.5) is 0 Å². The molecule has 0 aliphatic carbocycles. The Kier molecular flexibility index (Phi) is 4.84. The monoisotopic (exact) mass is 306 g/mol. The van der Waals surface area contributed by atoms with E-state index in [0.29, 0.717) is 13.0 Å². The first-order chi connectivity index (χ1) is 11.3. The van der Waals surface area contributed by atoms with Crippen molar-refractivity contribution < 1.29 is 9.21 Å². The van der Waals surface area contributed by atoms with Gasteiger partial charge in [0, 0.05) is 25.4 Å². The maximum atomic E-state index is 12.3. The van der Waals surface area contributed by atoms with Gasteiger partial charge in [-0.3, -0.25) is 9.78 Å². The maximum absolute atomic E-state index is 12.3. The minimum absolute atomic E-state index is 0.0147. The van der Waals surface area contributed by atoms with E-state index in [0.717, 1.165) is 16.9 Å². The molecule has 0 saturated heterocycles. The van der Waals surface area contributed by atoms with Crippen LogP contribution in [0.2, 0.25) is 0 Å². The summed E-state index contributed by atoms with van der Waals surface area (Å²) in [7, 11) is 0. The summed E-state index contributed by atoms with van der Waals surface area (Å²) in [5, 5.41) is 2.94. The van der Waals surface area contributed by atoms with Gasteiger partial charge in [-0.15, -0.1) is 0 Å². The van der Waals surface area contributed by atoms with Crippen LogP contribution in [0.3, 0.4) is 0 Å². The summed E-state index contributed by atoms with van der Waals surface area (Å²) in [6, 6.07) is 17.5. The number of benzene rings is 1. The molecule has 1 aromatic carbocycles. The van der Waals surface area contributed by atoms with E-state index in [1.54, 1.807) is 18.7 Å². The summed E-state index contributed by atoms with van der Waals surface area (Å²) < 4.78 is 5.52. The van der Waals surface area contributed by atoms with Gasteiger partial charge in [-0.05, 0) is 29.3 Å². The van der Waals surface area contributed by atoms with E-state index in [4.69, 9.17) is 4.42 Å². The van der Waals surface area contributed by atoms with Crippen molar-refractivity contribution in [1.29, 1.82) is 0 Å². The second-order valence-electron chi connectivity index (χ2n) is 5.32. The Hall–Kier alpha value is -2.88. The third kappa shape index (κ3) is 4.07. The zero-order chi connectivity index (χ0) is 15.9. The van der Waals surface area contributed by atoms with Gasteiger partial charge in [0.05, 0.1) is 12.2 Å². The molecule has 4 nitrogen and oxygen atoms in total. The van der Waals surface area contributed by atoms with Gasteiger partial charge in [-0.1, -0.05) is 36.4 Å². The van der Waals surface area contributed by atoms with Crippen molar-refractivity contribution in [1.82, 2.24) is 10.3 Å². The van der Waals surface area contributed by atoms with Crippen LogP contribution < -0.4 is 5.32 Å². The van der Waals surface area contributed by atoms with Crippen LogP contribution in [0.15, 0.2) is 77.7 Å². The van der Waals surface area contributed by atoms with Gasteiger partial charge in [0.2, 0.25) is 5.91 Å². The van der Waals surface area contributed by atoms with Gasteiger partial charge >= 0.3 is 0 Å². The number of pyridine rings is 1. The Morgan fingerprint density at radius 3 is 2.65 bits per heavy atom. The molecule has 0 saturated carbocycles. The van der Waals surface area contributed by atoms with E-state index in [9.17, 15) is 4.79 Å². The summed E-state index contributed by atoms with van der Waals surface area (Å²) in [6.45, 7) is 0.479. The highest BCUT2D eigenvalue weighted by molar-refractivity contribution is 5.77. The lowest BCUT2D eigenvalue weighted by molar-refractivity contribution is -0.121. The third-order valence-corrected chi connectivity index (χ3v) is 3.69. The summed E-state index contributed by atoms with van der Waals surface area (Å²) in [5.41, 5.74) is 2.05. The van der Waals surface area contributed by atoms with E-state index >= 15 is 0 Å². The van der Waals surface area contributed by atoms with E-state index in [1.165, 1.54) is 0 Å². The zero-order valence-electron chi connectivity index (χ0n) is 12.7. The number of carbonyl (C=O) groups is 1. The Labute approximate surface area is 135 Å². The summed E-state index contributed by atoms with van der Waals surface area (Å²) in [4.78, 5) is 16.4. The fraction of sp³-hybridized carbons (Fsp3) is 0.158. The van der Waals surface area contributed by atoms with Crippen LogP contribution in [0.1, 0.15) is 29.2 Å². The SMILES string of the molecule is O=C(C[C@H](c1ccccc1)c1ccco1)NCc1cccnc1. The number of amides is 1. The molecule has 3 aromatic rings. The number of nitrogens with one attached hydrogen (secondary N) is 1. The van der Waals surface area contributed by atoms with E-state index in [1.807, 2.05) is 54.6 Å². The van der Waals surface area contributed by atoms with Gasteiger partial charge in [-0.2, -0.15) is 0 Å². The van der Waals surface area contributed by atoms with E-state index < -0.39 is 0 Å². The smallest absolute Gasteiger partial charge is 0.221 e. The first-order valence-electron chi connectivity index (χ1n) is 7.57. The molecule has 2 aromatic heterocycles. The number of carbonyl (C=O) groups excluding carboxylic acids is 1. The average molecular weight is 306 g/mol. The molecule has 0 radical (unpaired) electrons. The van der Waals surface area contributed by atoms with Crippen LogP contribution in [0, 0.1) is 0 Å². The van der Waals surface area contributed by atoms with Crippen molar-refractivity contribution in [2.24, 2.45) is 0 Å². The molecule has 0 aliphatic rings. The maximum Gasteiger partial charge on any atom is 0.221 e. The van der Waals surface area contributed by atoms with Crippen molar-refractivity contribution in [2.75, 3.05) is 0 Å². The Morgan fingerprint density at radius 1 is 1.09 bits per heavy atom. The third-order valence-electron chi connectivity index (χ3n) is 3.69. The molecule has 1 amide bonds. The lowest BCUT2D eigenvalue weighted by Gasteiger charge is -2.15. The largest absolute Gasteiger partial charge is 0.469 e. The first kappa shape index (κ1) is 15.0. The minimum atomic E-state index is -0.0832.